The summed E-state index contributed by atoms with van der Waals surface area (Å²) in [6.45, 7) is 0.101. The summed E-state index contributed by atoms with van der Waals surface area (Å²) < 4.78 is 44.4. The van der Waals surface area contributed by atoms with Gasteiger partial charge in [0.05, 0.1) is 6.61 Å². The van der Waals surface area contributed by atoms with Gasteiger partial charge in [0.2, 0.25) is 5.91 Å². The van der Waals surface area contributed by atoms with E-state index in [0.717, 1.165) is 28.5 Å². The number of ether oxygens (including phenoxy) is 1. The number of halogens is 3. The van der Waals surface area contributed by atoms with Crippen molar-refractivity contribution in [1.29, 1.82) is 0 Å². The second-order valence-corrected chi connectivity index (χ2v) is 9.05. The van der Waals surface area contributed by atoms with Crippen molar-refractivity contribution in [3.63, 3.8) is 0 Å². The summed E-state index contributed by atoms with van der Waals surface area (Å²) in [5.41, 5.74) is 4.24. The molecule has 0 radical (unpaired) electrons. The van der Waals surface area contributed by atoms with Crippen molar-refractivity contribution in [1.82, 2.24) is 9.88 Å². The van der Waals surface area contributed by atoms with Crippen LogP contribution in [0.1, 0.15) is 48.1 Å². The molecule has 0 atom stereocenters. The first-order chi connectivity index (χ1) is 15.3. The Kier molecular flexibility index (Phi) is 5.26. The molecule has 0 bridgehead atoms. The Bertz CT molecular complexity index is 1030. The predicted molar refractivity (Wildman–Crippen MR) is 114 cm³/mol. The van der Waals surface area contributed by atoms with Crippen LogP contribution in [-0.2, 0) is 29.6 Å². The summed E-state index contributed by atoms with van der Waals surface area (Å²) in [5, 5.41) is 3.41. The van der Waals surface area contributed by atoms with Crippen LogP contribution in [0.5, 0.6) is 5.75 Å². The van der Waals surface area contributed by atoms with Crippen LogP contribution in [0.25, 0.3) is 0 Å². The third kappa shape index (κ3) is 4.40. The number of hydrogen-bond donors (Lipinski definition) is 1. The first-order valence-corrected chi connectivity index (χ1v) is 11.1. The Morgan fingerprint density at radius 3 is 2.72 bits per heavy atom. The van der Waals surface area contributed by atoms with Gasteiger partial charge in [-0.3, -0.25) is 4.79 Å². The SMILES string of the molecule is O=C1CCc2ccc(OCCc3ccc4c(n3)NCCC43CC3)cc2CN1CC(F)(F)F. The molecule has 5 rings (SSSR count). The maximum Gasteiger partial charge on any atom is 0.406 e. The van der Waals surface area contributed by atoms with Crippen LogP contribution in [0.3, 0.4) is 0 Å². The van der Waals surface area contributed by atoms with E-state index in [1.807, 2.05) is 12.1 Å². The van der Waals surface area contributed by atoms with Gasteiger partial charge >= 0.3 is 6.18 Å². The number of amides is 1. The molecule has 3 aliphatic rings. The largest absolute Gasteiger partial charge is 0.493 e. The second kappa shape index (κ2) is 7.98. The molecule has 1 aliphatic carbocycles. The quantitative estimate of drug-likeness (QED) is 0.742. The second-order valence-electron chi connectivity index (χ2n) is 9.05. The molecule has 8 heteroatoms. The van der Waals surface area contributed by atoms with Crippen molar-refractivity contribution in [2.24, 2.45) is 0 Å². The first-order valence-electron chi connectivity index (χ1n) is 11.1. The summed E-state index contributed by atoms with van der Waals surface area (Å²) in [4.78, 5) is 17.8. The molecule has 32 heavy (non-hydrogen) atoms. The van der Waals surface area contributed by atoms with Gasteiger partial charge in [0.15, 0.2) is 0 Å². The van der Waals surface area contributed by atoms with Gasteiger partial charge in [-0.05, 0) is 55.0 Å². The highest BCUT2D eigenvalue weighted by molar-refractivity contribution is 5.77. The summed E-state index contributed by atoms with van der Waals surface area (Å²) in [6, 6.07) is 9.68. The normalized spacial score (nSPS) is 19.1. The molecule has 0 saturated heterocycles. The molecule has 2 aliphatic heterocycles. The molecule has 1 fully saturated rings. The van der Waals surface area contributed by atoms with E-state index in [-0.39, 0.29) is 13.0 Å². The smallest absolute Gasteiger partial charge is 0.406 e. The number of hydrogen-bond acceptors (Lipinski definition) is 4. The van der Waals surface area contributed by atoms with Crippen molar-refractivity contribution in [3.05, 3.63) is 52.7 Å². The molecule has 3 heterocycles. The van der Waals surface area contributed by atoms with Crippen LogP contribution in [-0.4, -0.2) is 41.7 Å². The molecule has 1 amide bonds. The van der Waals surface area contributed by atoms with E-state index in [9.17, 15) is 18.0 Å². The van der Waals surface area contributed by atoms with Crippen molar-refractivity contribution in [2.75, 3.05) is 25.0 Å². The van der Waals surface area contributed by atoms with Gasteiger partial charge in [-0.1, -0.05) is 12.1 Å². The van der Waals surface area contributed by atoms with E-state index in [0.29, 0.717) is 36.2 Å². The van der Waals surface area contributed by atoms with Crippen molar-refractivity contribution in [3.8, 4) is 5.75 Å². The zero-order chi connectivity index (χ0) is 22.3. The number of aryl methyl sites for hydroxylation is 1. The standard InChI is InChI=1S/C24H26F3N3O2/c25-24(26,27)15-30-14-17-13-19(4-1-16(17)2-6-21(30)31)32-12-7-18-3-5-20-22(29-18)28-11-10-23(20)8-9-23/h1,3-5,13H,2,6-12,14-15H2,(H,28,29). The fraction of sp³-hybridized carbons (Fsp3) is 0.500. The van der Waals surface area contributed by atoms with E-state index >= 15 is 0 Å². The highest BCUT2D eigenvalue weighted by Gasteiger charge is 2.47. The average Bonchev–Trinajstić information content (AvgIpc) is 3.53. The molecule has 2 aromatic rings. The number of carbonyl (C=O) groups is 1. The zero-order valence-electron chi connectivity index (χ0n) is 17.8. The van der Waals surface area contributed by atoms with Gasteiger partial charge in [0.1, 0.15) is 18.1 Å². The minimum Gasteiger partial charge on any atom is -0.493 e. The Hall–Kier alpha value is -2.77. The number of benzene rings is 1. The van der Waals surface area contributed by atoms with Gasteiger partial charge in [0.25, 0.3) is 0 Å². The number of rotatable bonds is 5. The maximum atomic E-state index is 12.9. The molecule has 1 aromatic heterocycles. The topological polar surface area (TPSA) is 54.5 Å². The minimum absolute atomic E-state index is 0.0509. The summed E-state index contributed by atoms with van der Waals surface area (Å²) in [6.07, 6.45) is 0.418. The summed E-state index contributed by atoms with van der Waals surface area (Å²) in [5.74, 6) is 1.12. The van der Waals surface area contributed by atoms with E-state index in [1.54, 1.807) is 6.07 Å². The van der Waals surface area contributed by atoms with Crippen molar-refractivity contribution in [2.45, 2.75) is 56.7 Å². The van der Waals surface area contributed by atoms with Gasteiger partial charge in [-0.15, -0.1) is 0 Å². The molecule has 0 unspecified atom stereocenters. The molecule has 1 saturated carbocycles. The molecular formula is C24H26F3N3O2. The number of fused-ring (bicyclic) bond motifs is 3. The van der Waals surface area contributed by atoms with Crippen molar-refractivity contribution >= 4 is 11.7 Å². The Balaban J connectivity index is 1.23. The van der Waals surface area contributed by atoms with Gasteiger partial charge in [-0.2, -0.15) is 13.2 Å². The van der Waals surface area contributed by atoms with Gasteiger partial charge in [0, 0.05) is 42.6 Å². The van der Waals surface area contributed by atoms with E-state index < -0.39 is 18.6 Å². The Morgan fingerprint density at radius 2 is 1.94 bits per heavy atom. The molecule has 1 N–H and O–H groups in total. The van der Waals surface area contributed by atoms with Gasteiger partial charge in [-0.25, -0.2) is 4.98 Å². The van der Waals surface area contributed by atoms with Gasteiger partial charge < -0.3 is 15.0 Å². The van der Waals surface area contributed by atoms with E-state index in [1.165, 1.54) is 24.8 Å². The highest BCUT2D eigenvalue weighted by Crippen LogP contribution is 2.54. The fourth-order valence-electron chi connectivity index (χ4n) is 4.84. The fourth-order valence-corrected chi connectivity index (χ4v) is 4.84. The first kappa shape index (κ1) is 21.1. The zero-order valence-corrected chi connectivity index (χ0v) is 17.8. The number of pyridine rings is 1. The minimum atomic E-state index is -4.41. The third-order valence-corrected chi connectivity index (χ3v) is 6.77. The van der Waals surface area contributed by atoms with Crippen LogP contribution in [0.15, 0.2) is 30.3 Å². The van der Waals surface area contributed by atoms with Crippen molar-refractivity contribution < 1.29 is 22.7 Å². The maximum absolute atomic E-state index is 12.9. The number of nitrogens with one attached hydrogen (secondary N) is 1. The number of nitrogens with zero attached hydrogens (tertiary/aromatic N) is 2. The van der Waals surface area contributed by atoms with E-state index in [4.69, 9.17) is 9.72 Å². The third-order valence-electron chi connectivity index (χ3n) is 6.77. The average molecular weight is 445 g/mol. The van der Waals surface area contributed by atoms with Crippen LogP contribution >= 0.6 is 0 Å². The number of anilines is 1. The number of aromatic nitrogens is 1. The Morgan fingerprint density at radius 1 is 1.09 bits per heavy atom. The summed E-state index contributed by atoms with van der Waals surface area (Å²) >= 11 is 0. The van der Waals surface area contributed by atoms with Crippen LogP contribution in [0.2, 0.25) is 0 Å². The lowest BCUT2D eigenvalue weighted by molar-refractivity contribution is -0.162. The monoisotopic (exact) mass is 445 g/mol. The Labute approximate surface area is 185 Å². The van der Waals surface area contributed by atoms with Crippen LogP contribution in [0.4, 0.5) is 19.0 Å². The highest BCUT2D eigenvalue weighted by atomic mass is 19.4. The molecular weight excluding hydrogens is 419 g/mol. The van der Waals surface area contributed by atoms with E-state index in [2.05, 4.69) is 17.4 Å². The predicted octanol–water partition coefficient (Wildman–Crippen LogP) is 4.39. The lowest BCUT2D eigenvalue weighted by Gasteiger charge is -2.26. The molecule has 170 valence electrons. The molecule has 5 nitrogen and oxygen atoms in total. The number of carbonyl (C=O) groups excluding carboxylic acids is 1. The molecule has 1 spiro atoms. The molecule has 1 aromatic carbocycles. The number of alkyl halides is 3. The summed E-state index contributed by atoms with van der Waals surface area (Å²) in [7, 11) is 0. The lowest BCUT2D eigenvalue weighted by Crippen LogP contribution is -2.37. The van der Waals surface area contributed by atoms with Crippen LogP contribution in [0, 0.1) is 0 Å². The lowest BCUT2D eigenvalue weighted by atomic mass is 9.90. The van der Waals surface area contributed by atoms with Crippen LogP contribution < -0.4 is 10.1 Å².